The molecule has 198 valence electrons. The maximum Gasteiger partial charge on any atom is 0.410 e. The molecular formula is C30H45N3O3. The predicted octanol–water partition coefficient (Wildman–Crippen LogP) is 5.55. The fourth-order valence-corrected chi connectivity index (χ4v) is 7.24. The molecule has 2 amide bonds. The predicted molar refractivity (Wildman–Crippen MR) is 142 cm³/mol. The van der Waals surface area contributed by atoms with Crippen molar-refractivity contribution < 1.29 is 14.3 Å². The molecule has 3 heterocycles. The van der Waals surface area contributed by atoms with Gasteiger partial charge in [0.2, 0.25) is 0 Å². The van der Waals surface area contributed by atoms with Crippen LogP contribution in [0.5, 0.6) is 0 Å². The first-order valence-corrected chi connectivity index (χ1v) is 14.5. The standard InChI is InChI=1S/C30H45N3O3/c1-4-5-14-26-30(36-29(35)33(26)19-24-12-7-6-8-13-24)15-17-31(18-16-30)25-20-32(21-25)28(34)27-22(2)10-9-11-23(27)3/h9-11,24-26H,4-8,12-21H2,1-3H3. The summed E-state index contributed by atoms with van der Waals surface area (Å²) < 4.78 is 6.27. The van der Waals surface area contributed by atoms with Crippen molar-refractivity contribution in [2.24, 2.45) is 5.92 Å². The molecule has 3 aliphatic heterocycles. The van der Waals surface area contributed by atoms with Gasteiger partial charge in [0, 0.05) is 57.2 Å². The third-order valence-corrected chi connectivity index (χ3v) is 9.52. The molecule has 1 aromatic rings. The summed E-state index contributed by atoms with van der Waals surface area (Å²) in [5.41, 5.74) is 2.66. The molecule has 0 bridgehead atoms. The summed E-state index contributed by atoms with van der Waals surface area (Å²) in [4.78, 5) is 32.9. The molecule has 1 spiro atoms. The third kappa shape index (κ3) is 4.90. The summed E-state index contributed by atoms with van der Waals surface area (Å²) in [6.07, 6.45) is 11.6. The molecular weight excluding hydrogens is 450 g/mol. The molecule has 5 rings (SSSR count). The Morgan fingerprint density at radius 1 is 1.06 bits per heavy atom. The van der Waals surface area contributed by atoms with Crippen LogP contribution in [-0.4, -0.2) is 77.1 Å². The van der Waals surface area contributed by atoms with Gasteiger partial charge in [-0.05, 0) is 50.2 Å². The van der Waals surface area contributed by atoms with Gasteiger partial charge in [0.25, 0.3) is 5.91 Å². The lowest BCUT2D eigenvalue weighted by Crippen LogP contribution is -2.64. The van der Waals surface area contributed by atoms with Crippen molar-refractivity contribution >= 4 is 12.0 Å². The first-order chi connectivity index (χ1) is 17.4. The average molecular weight is 496 g/mol. The van der Waals surface area contributed by atoms with Gasteiger partial charge >= 0.3 is 6.09 Å². The zero-order chi connectivity index (χ0) is 25.3. The van der Waals surface area contributed by atoms with Gasteiger partial charge in [0.1, 0.15) is 5.60 Å². The smallest absolute Gasteiger partial charge is 0.410 e. The van der Waals surface area contributed by atoms with Crippen molar-refractivity contribution in [1.82, 2.24) is 14.7 Å². The fourth-order valence-electron chi connectivity index (χ4n) is 7.24. The van der Waals surface area contributed by atoms with Gasteiger partial charge < -0.3 is 14.5 Å². The first kappa shape index (κ1) is 25.6. The number of carbonyl (C=O) groups is 2. The number of likely N-dealkylation sites (tertiary alicyclic amines) is 2. The molecule has 0 N–H and O–H groups in total. The molecule has 1 atom stereocenters. The molecule has 0 radical (unpaired) electrons. The second-order valence-electron chi connectivity index (χ2n) is 11.9. The van der Waals surface area contributed by atoms with Crippen molar-refractivity contribution in [3.63, 3.8) is 0 Å². The minimum Gasteiger partial charge on any atom is -0.440 e. The van der Waals surface area contributed by atoms with Crippen LogP contribution in [0.3, 0.4) is 0 Å². The molecule has 4 fully saturated rings. The minimum absolute atomic E-state index is 0.0656. The van der Waals surface area contributed by atoms with E-state index in [-0.39, 0.29) is 23.6 Å². The maximum absolute atomic E-state index is 13.1. The molecule has 3 saturated heterocycles. The number of nitrogens with zero attached hydrogens (tertiary/aromatic N) is 3. The highest BCUT2D eigenvalue weighted by Crippen LogP contribution is 2.43. The minimum atomic E-state index is -0.324. The summed E-state index contributed by atoms with van der Waals surface area (Å²) in [6, 6.07) is 6.70. The Kier molecular flexibility index (Phi) is 7.62. The number of benzene rings is 1. The van der Waals surface area contributed by atoms with Crippen molar-refractivity contribution in [2.75, 3.05) is 32.7 Å². The Morgan fingerprint density at radius 2 is 1.72 bits per heavy atom. The number of carbonyl (C=O) groups excluding carboxylic acids is 2. The second-order valence-corrected chi connectivity index (χ2v) is 11.9. The number of hydrogen-bond donors (Lipinski definition) is 0. The Hall–Kier alpha value is -2.08. The van der Waals surface area contributed by atoms with Crippen molar-refractivity contribution in [3.8, 4) is 0 Å². The third-order valence-electron chi connectivity index (χ3n) is 9.52. The molecule has 1 unspecified atom stereocenters. The van der Waals surface area contributed by atoms with E-state index in [1.54, 1.807) is 0 Å². The summed E-state index contributed by atoms with van der Waals surface area (Å²) in [7, 11) is 0. The maximum atomic E-state index is 13.1. The van der Waals surface area contributed by atoms with Gasteiger partial charge in [-0.25, -0.2) is 4.79 Å². The summed E-state index contributed by atoms with van der Waals surface area (Å²) in [6.45, 7) is 10.7. The van der Waals surface area contributed by atoms with Crippen LogP contribution < -0.4 is 0 Å². The normalized spacial score (nSPS) is 25.3. The van der Waals surface area contributed by atoms with Gasteiger partial charge in [0.15, 0.2) is 0 Å². The van der Waals surface area contributed by atoms with E-state index in [2.05, 4.69) is 16.7 Å². The lowest BCUT2D eigenvalue weighted by atomic mass is 9.80. The number of ether oxygens (including phenoxy) is 1. The highest BCUT2D eigenvalue weighted by Gasteiger charge is 2.55. The first-order valence-electron chi connectivity index (χ1n) is 14.5. The van der Waals surface area contributed by atoms with Crippen LogP contribution in [0.15, 0.2) is 18.2 Å². The van der Waals surface area contributed by atoms with Gasteiger partial charge in [0.05, 0.1) is 6.04 Å². The molecule has 6 nitrogen and oxygen atoms in total. The number of unbranched alkanes of at least 4 members (excludes halogenated alkanes) is 1. The summed E-state index contributed by atoms with van der Waals surface area (Å²) in [5, 5.41) is 0. The lowest BCUT2D eigenvalue weighted by Gasteiger charge is -2.50. The van der Waals surface area contributed by atoms with Crippen molar-refractivity contribution in [1.29, 1.82) is 0 Å². The lowest BCUT2D eigenvalue weighted by molar-refractivity contribution is -0.0516. The van der Waals surface area contributed by atoms with Gasteiger partial charge in [-0.2, -0.15) is 0 Å². The average Bonchev–Trinajstić information content (AvgIpc) is 3.08. The highest BCUT2D eigenvalue weighted by atomic mass is 16.6. The zero-order valence-corrected chi connectivity index (χ0v) is 22.6. The Balaban J connectivity index is 1.19. The fraction of sp³-hybridized carbons (Fsp3) is 0.733. The highest BCUT2D eigenvalue weighted by molar-refractivity contribution is 5.97. The summed E-state index contributed by atoms with van der Waals surface area (Å²) >= 11 is 0. The molecule has 36 heavy (non-hydrogen) atoms. The largest absolute Gasteiger partial charge is 0.440 e. The zero-order valence-electron chi connectivity index (χ0n) is 22.6. The molecule has 4 aliphatic rings. The van der Waals surface area contributed by atoms with Crippen LogP contribution in [0, 0.1) is 19.8 Å². The summed E-state index contributed by atoms with van der Waals surface area (Å²) in [5.74, 6) is 0.805. The Labute approximate surface area is 217 Å². The van der Waals surface area contributed by atoms with Crippen LogP contribution in [0.4, 0.5) is 4.79 Å². The van der Waals surface area contributed by atoms with E-state index in [0.717, 1.165) is 81.5 Å². The molecule has 6 heteroatoms. The van der Waals surface area contributed by atoms with E-state index in [9.17, 15) is 9.59 Å². The quantitative estimate of drug-likeness (QED) is 0.497. The Bertz CT molecular complexity index is 923. The Morgan fingerprint density at radius 3 is 2.36 bits per heavy atom. The monoisotopic (exact) mass is 495 g/mol. The SMILES string of the molecule is CCCCC1N(CC2CCCCC2)C(=O)OC12CCN(C1CN(C(=O)c3c(C)cccc3C)C1)CC2. The van der Waals surface area contributed by atoms with E-state index in [1.807, 2.05) is 36.9 Å². The van der Waals surface area contributed by atoms with Gasteiger partial charge in [-0.3, -0.25) is 9.69 Å². The molecule has 1 aromatic carbocycles. The van der Waals surface area contributed by atoms with Crippen molar-refractivity contribution in [3.05, 3.63) is 34.9 Å². The van der Waals surface area contributed by atoms with Crippen LogP contribution in [0.2, 0.25) is 0 Å². The molecule has 0 aromatic heterocycles. The van der Waals surface area contributed by atoms with Crippen LogP contribution >= 0.6 is 0 Å². The number of piperidine rings is 1. The number of hydrogen-bond acceptors (Lipinski definition) is 4. The van der Waals surface area contributed by atoms with Crippen LogP contribution in [-0.2, 0) is 4.74 Å². The van der Waals surface area contributed by atoms with E-state index in [0.29, 0.717) is 12.0 Å². The van der Waals surface area contributed by atoms with E-state index in [1.165, 1.54) is 32.1 Å². The number of aryl methyl sites for hydroxylation is 2. The van der Waals surface area contributed by atoms with Crippen LogP contribution in [0.1, 0.15) is 92.6 Å². The van der Waals surface area contributed by atoms with Crippen LogP contribution in [0.25, 0.3) is 0 Å². The topological polar surface area (TPSA) is 53.1 Å². The van der Waals surface area contributed by atoms with Gasteiger partial charge in [-0.15, -0.1) is 0 Å². The molecule has 1 saturated carbocycles. The van der Waals surface area contributed by atoms with E-state index in [4.69, 9.17) is 4.74 Å². The van der Waals surface area contributed by atoms with E-state index >= 15 is 0 Å². The van der Waals surface area contributed by atoms with E-state index < -0.39 is 0 Å². The van der Waals surface area contributed by atoms with Crippen molar-refractivity contribution in [2.45, 2.75) is 103 Å². The number of amides is 2. The molecule has 1 aliphatic carbocycles. The number of rotatable bonds is 7. The van der Waals surface area contributed by atoms with Gasteiger partial charge in [-0.1, -0.05) is 57.2 Å². The second kappa shape index (κ2) is 10.7.